The third-order valence-electron chi connectivity index (χ3n) is 3.65. The Morgan fingerprint density at radius 2 is 1.80 bits per heavy atom. The van der Waals surface area contributed by atoms with Gasteiger partial charge >= 0.3 is 0 Å². The summed E-state index contributed by atoms with van der Waals surface area (Å²) in [5.41, 5.74) is 0.324. The van der Waals surface area contributed by atoms with E-state index in [1.165, 1.54) is 19.3 Å². The minimum absolute atomic E-state index is 0.324. The summed E-state index contributed by atoms with van der Waals surface area (Å²) >= 11 is 0. The Morgan fingerprint density at radius 1 is 1.20 bits per heavy atom. The highest BCUT2D eigenvalue weighted by Crippen LogP contribution is 2.20. The molecular formula is C13H30N2. The zero-order valence-corrected chi connectivity index (χ0v) is 11.6. The van der Waals surface area contributed by atoms with Crippen molar-refractivity contribution in [3.8, 4) is 0 Å². The summed E-state index contributed by atoms with van der Waals surface area (Å²) in [5, 5.41) is 3.46. The lowest BCUT2D eigenvalue weighted by molar-refractivity contribution is 0.101. The van der Waals surface area contributed by atoms with Crippen molar-refractivity contribution in [1.29, 1.82) is 0 Å². The molecule has 0 fully saturated rings. The molecule has 15 heavy (non-hydrogen) atoms. The predicted octanol–water partition coefficient (Wildman–Crippen LogP) is 2.89. The number of hydrogen-bond donors (Lipinski definition) is 1. The largest absolute Gasteiger partial charge is 0.317 e. The van der Waals surface area contributed by atoms with E-state index in [0.717, 1.165) is 13.1 Å². The lowest BCUT2D eigenvalue weighted by Gasteiger charge is -2.39. The molecule has 0 aliphatic rings. The molecule has 0 rings (SSSR count). The van der Waals surface area contributed by atoms with Crippen LogP contribution in [0.4, 0.5) is 0 Å². The third kappa shape index (κ3) is 5.53. The van der Waals surface area contributed by atoms with Gasteiger partial charge in [-0.3, -0.25) is 4.90 Å². The van der Waals surface area contributed by atoms with Crippen molar-refractivity contribution in [3.63, 3.8) is 0 Å². The van der Waals surface area contributed by atoms with Gasteiger partial charge in [0.25, 0.3) is 0 Å². The molecule has 0 bridgehead atoms. The standard InChI is InChI=1S/C13H30N2/c1-7-10-14-11-9-12(3)15(6)13(4,5)8-2/h12,14H,7-11H2,1-6H3. The van der Waals surface area contributed by atoms with E-state index in [0.29, 0.717) is 11.6 Å². The average molecular weight is 214 g/mol. The monoisotopic (exact) mass is 214 g/mol. The topological polar surface area (TPSA) is 15.3 Å². The Labute approximate surface area is 96.4 Å². The first-order valence-corrected chi connectivity index (χ1v) is 6.39. The fourth-order valence-electron chi connectivity index (χ4n) is 1.65. The second-order valence-corrected chi connectivity index (χ2v) is 5.16. The van der Waals surface area contributed by atoms with Gasteiger partial charge in [0.15, 0.2) is 0 Å². The molecule has 0 saturated carbocycles. The lowest BCUT2D eigenvalue weighted by atomic mass is 9.97. The minimum atomic E-state index is 0.324. The van der Waals surface area contributed by atoms with Gasteiger partial charge in [-0.05, 0) is 60.2 Å². The fourth-order valence-corrected chi connectivity index (χ4v) is 1.65. The van der Waals surface area contributed by atoms with Crippen LogP contribution < -0.4 is 5.32 Å². The smallest absolute Gasteiger partial charge is 0.0150 e. The van der Waals surface area contributed by atoms with Gasteiger partial charge < -0.3 is 5.32 Å². The van der Waals surface area contributed by atoms with E-state index in [1.54, 1.807) is 0 Å². The van der Waals surface area contributed by atoms with Crippen LogP contribution in [0.5, 0.6) is 0 Å². The van der Waals surface area contributed by atoms with Crippen molar-refractivity contribution in [1.82, 2.24) is 10.2 Å². The first-order valence-electron chi connectivity index (χ1n) is 6.39. The molecule has 0 aromatic carbocycles. The first-order chi connectivity index (χ1) is 6.95. The molecule has 0 amide bonds. The normalized spacial score (nSPS) is 14.6. The van der Waals surface area contributed by atoms with Crippen LogP contribution in [-0.2, 0) is 0 Å². The second-order valence-electron chi connectivity index (χ2n) is 5.16. The number of rotatable bonds is 8. The molecule has 0 spiro atoms. The molecule has 0 aromatic rings. The van der Waals surface area contributed by atoms with Crippen molar-refractivity contribution < 1.29 is 0 Å². The summed E-state index contributed by atoms with van der Waals surface area (Å²) < 4.78 is 0. The zero-order valence-electron chi connectivity index (χ0n) is 11.6. The molecule has 1 N–H and O–H groups in total. The average Bonchev–Trinajstić information content (AvgIpc) is 2.23. The van der Waals surface area contributed by atoms with E-state index in [9.17, 15) is 0 Å². The van der Waals surface area contributed by atoms with Gasteiger partial charge in [0.2, 0.25) is 0 Å². The van der Waals surface area contributed by atoms with Crippen molar-refractivity contribution >= 4 is 0 Å². The highest BCUT2D eigenvalue weighted by molar-refractivity contribution is 4.81. The van der Waals surface area contributed by atoms with Crippen molar-refractivity contribution in [3.05, 3.63) is 0 Å². The Hall–Kier alpha value is -0.0800. The summed E-state index contributed by atoms with van der Waals surface area (Å²) in [7, 11) is 2.24. The Bertz CT molecular complexity index is 155. The number of hydrogen-bond acceptors (Lipinski definition) is 2. The van der Waals surface area contributed by atoms with Gasteiger partial charge in [-0.15, -0.1) is 0 Å². The van der Waals surface area contributed by atoms with Crippen LogP contribution in [0.2, 0.25) is 0 Å². The van der Waals surface area contributed by atoms with Crippen molar-refractivity contribution in [2.75, 3.05) is 20.1 Å². The second kappa shape index (κ2) is 7.24. The third-order valence-corrected chi connectivity index (χ3v) is 3.65. The molecule has 0 radical (unpaired) electrons. The van der Waals surface area contributed by atoms with Crippen LogP contribution >= 0.6 is 0 Å². The fraction of sp³-hybridized carbons (Fsp3) is 1.00. The molecule has 0 aliphatic heterocycles. The van der Waals surface area contributed by atoms with Crippen LogP contribution in [-0.4, -0.2) is 36.6 Å². The molecule has 1 unspecified atom stereocenters. The van der Waals surface area contributed by atoms with Gasteiger partial charge in [0.05, 0.1) is 0 Å². The van der Waals surface area contributed by atoms with E-state index in [-0.39, 0.29) is 0 Å². The number of nitrogens with zero attached hydrogens (tertiary/aromatic N) is 1. The molecule has 0 saturated heterocycles. The van der Waals surface area contributed by atoms with E-state index >= 15 is 0 Å². The molecule has 0 aliphatic carbocycles. The maximum atomic E-state index is 3.46. The number of nitrogens with one attached hydrogen (secondary N) is 1. The quantitative estimate of drug-likeness (QED) is 0.625. The van der Waals surface area contributed by atoms with Crippen LogP contribution in [0.3, 0.4) is 0 Å². The van der Waals surface area contributed by atoms with E-state index < -0.39 is 0 Å². The van der Waals surface area contributed by atoms with Gasteiger partial charge in [-0.25, -0.2) is 0 Å². The first kappa shape index (κ1) is 14.9. The van der Waals surface area contributed by atoms with E-state index in [2.05, 4.69) is 51.9 Å². The minimum Gasteiger partial charge on any atom is -0.317 e. The maximum Gasteiger partial charge on any atom is 0.0150 e. The van der Waals surface area contributed by atoms with Crippen LogP contribution in [0, 0.1) is 0 Å². The van der Waals surface area contributed by atoms with Crippen molar-refractivity contribution in [2.24, 2.45) is 0 Å². The molecule has 1 atom stereocenters. The summed E-state index contributed by atoms with van der Waals surface area (Å²) in [6.45, 7) is 13.7. The highest BCUT2D eigenvalue weighted by atomic mass is 15.2. The highest BCUT2D eigenvalue weighted by Gasteiger charge is 2.24. The van der Waals surface area contributed by atoms with Gasteiger partial charge in [-0.1, -0.05) is 13.8 Å². The predicted molar refractivity (Wildman–Crippen MR) is 69.4 cm³/mol. The van der Waals surface area contributed by atoms with E-state index in [4.69, 9.17) is 0 Å². The molecule has 0 heterocycles. The Morgan fingerprint density at radius 3 is 2.27 bits per heavy atom. The molecule has 2 heteroatoms. The summed E-state index contributed by atoms with van der Waals surface area (Å²) in [5.74, 6) is 0. The maximum absolute atomic E-state index is 3.46. The molecule has 2 nitrogen and oxygen atoms in total. The lowest BCUT2D eigenvalue weighted by Crippen LogP contribution is -2.46. The Kier molecular flexibility index (Phi) is 7.20. The van der Waals surface area contributed by atoms with E-state index in [1.807, 2.05) is 0 Å². The van der Waals surface area contributed by atoms with Gasteiger partial charge in [-0.2, -0.15) is 0 Å². The summed E-state index contributed by atoms with van der Waals surface area (Å²) in [6, 6.07) is 0.657. The SMILES string of the molecule is CCCNCCC(C)N(C)C(C)(C)CC. The molecular weight excluding hydrogens is 184 g/mol. The molecule has 92 valence electrons. The Balaban J connectivity index is 3.83. The zero-order chi connectivity index (χ0) is 11.9. The van der Waals surface area contributed by atoms with Crippen LogP contribution in [0.15, 0.2) is 0 Å². The summed E-state index contributed by atoms with van der Waals surface area (Å²) in [4.78, 5) is 2.50. The van der Waals surface area contributed by atoms with Gasteiger partial charge in [0, 0.05) is 11.6 Å². The summed E-state index contributed by atoms with van der Waals surface area (Å²) in [6.07, 6.45) is 3.67. The van der Waals surface area contributed by atoms with Gasteiger partial charge in [0.1, 0.15) is 0 Å². The van der Waals surface area contributed by atoms with Crippen LogP contribution in [0.25, 0.3) is 0 Å². The van der Waals surface area contributed by atoms with Crippen LogP contribution in [0.1, 0.15) is 53.9 Å². The molecule has 0 aromatic heterocycles. The van der Waals surface area contributed by atoms with Crippen molar-refractivity contribution in [2.45, 2.75) is 65.5 Å².